The standard InChI is InChI=1S/C13H22N2OS/c1-5-16-11(10-6-7-10)13-15-9(3)12(17-13)8(2)14-4/h8,10-11,14H,5-7H2,1-4H3. The zero-order chi connectivity index (χ0) is 12.4. The van der Waals surface area contributed by atoms with Gasteiger partial charge in [-0.25, -0.2) is 4.98 Å². The van der Waals surface area contributed by atoms with Crippen LogP contribution < -0.4 is 5.32 Å². The fourth-order valence-electron chi connectivity index (χ4n) is 2.07. The fourth-order valence-corrected chi connectivity index (χ4v) is 3.34. The Hall–Kier alpha value is -0.450. The number of hydrogen-bond donors (Lipinski definition) is 1. The van der Waals surface area contributed by atoms with Crippen molar-refractivity contribution in [1.82, 2.24) is 10.3 Å². The Morgan fingerprint density at radius 3 is 2.76 bits per heavy atom. The van der Waals surface area contributed by atoms with Gasteiger partial charge in [0.1, 0.15) is 11.1 Å². The normalized spacial score (nSPS) is 19.3. The van der Waals surface area contributed by atoms with Gasteiger partial charge in [0.05, 0.1) is 5.69 Å². The zero-order valence-electron chi connectivity index (χ0n) is 11.1. The van der Waals surface area contributed by atoms with Crippen molar-refractivity contribution in [3.05, 3.63) is 15.6 Å². The smallest absolute Gasteiger partial charge is 0.122 e. The van der Waals surface area contributed by atoms with Gasteiger partial charge in [0.15, 0.2) is 0 Å². The van der Waals surface area contributed by atoms with Crippen molar-refractivity contribution < 1.29 is 4.74 Å². The van der Waals surface area contributed by atoms with Crippen LogP contribution in [0.25, 0.3) is 0 Å². The van der Waals surface area contributed by atoms with Crippen molar-refractivity contribution in [2.45, 2.75) is 45.8 Å². The van der Waals surface area contributed by atoms with Gasteiger partial charge in [-0.3, -0.25) is 0 Å². The molecule has 4 heteroatoms. The molecule has 2 unspecified atom stereocenters. The molecule has 1 aromatic rings. The third-order valence-corrected chi connectivity index (χ3v) is 4.72. The van der Waals surface area contributed by atoms with Crippen molar-refractivity contribution in [2.75, 3.05) is 13.7 Å². The van der Waals surface area contributed by atoms with Crippen LogP contribution in [0, 0.1) is 12.8 Å². The summed E-state index contributed by atoms with van der Waals surface area (Å²) in [5.41, 5.74) is 1.15. The van der Waals surface area contributed by atoms with Crippen LogP contribution in [0.2, 0.25) is 0 Å². The van der Waals surface area contributed by atoms with Crippen LogP contribution in [-0.4, -0.2) is 18.6 Å². The first-order chi connectivity index (χ1) is 8.17. The molecule has 2 atom stereocenters. The molecule has 0 aromatic carbocycles. The lowest BCUT2D eigenvalue weighted by molar-refractivity contribution is 0.0461. The number of thiazole rings is 1. The molecular formula is C13H22N2OS. The first-order valence-corrected chi connectivity index (χ1v) is 7.25. The second-order valence-corrected chi connectivity index (χ2v) is 5.79. The Bertz CT molecular complexity index is 373. The molecule has 1 aliphatic rings. The van der Waals surface area contributed by atoms with Gasteiger partial charge < -0.3 is 10.1 Å². The number of aromatic nitrogens is 1. The summed E-state index contributed by atoms with van der Waals surface area (Å²) in [6.07, 6.45) is 2.82. The van der Waals surface area contributed by atoms with E-state index in [9.17, 15) is 0 Å². The van der Waals surface area contributed by atoms with E-state index in [0.717, 1.165) is 12.3 Å². The Balaban J connectivity index is 2.19. The number of hydrogen-bond acceptors (Lipinski definition) is 4. The molecule has 3 nitrogen and oxygen atoms in total. The van der Waals surface area contributed by atoms with Crippen molar-refractivity contribution in [3.63, 3.8) is 0 Å². The summed E-state index contributed by atoms with van der Waals surface area (Å²) < 4.78 is 5.86. The minimum Gasteiger partial charge on any atom is -0.371 e. The molecule has 0 amide bonds. The quantitative estimate of drug-likeness (QED) is 0.846. The number of nitrogens with one attached hydrogen (secondary N) is 1. The molecule has 1 saturated carbocycles. The molecule has 0 saturated heterocycles. The van der Waals surface area contributed by atoms with E-state index in [1.54, 1.807) is 0 Å². The highest BCUT2D eigenvalue weighted by Gasteiger charge is 2.35. The van der Waals surface area contributed by atoms with Crippen LogP contribution in [0.15, 0.2) is 0 Å². The highest BCUT2D eigenvalue weighted by molar-refractivity contribution is 7.11. The molecule has 1 heterocycles. The average Bonchev–Trinajstić information content (AvgIpc) is 3.08. The molecule has 96 valence electrons. The van der Waals surface area contributed by atoms with Crippen LogP contribution in [-0.2, 0) is 4.74 Å². The molecule has 1 fully saturated rings. The van der Waals surface area contributed by atoms with Crippen LogP contribution in [0.5, 0.6) is 0 Å². The molecule has 1 N–H and O–H groups in total. The highest BCUT2D eigenvalue weighted by atomic mass is 32.1. The topological polar surface area (TPSA) is 34.1 Å². The van der Waals surface area contributed by atoms with Crippen molar-refractivity contribution in [3.8, 4) is 0 Å². The third-order valence-electron chi connectivity index (χ3n) is 3.32. The van der Waals surface area contributed by atoms with Crippen LogP contribution >= 0.6 is 11.3 Å². The zero-order valence-corrected chi connectivity index (χ0v) is 11.9. The molecule has 0 bridgehead atoms. The summed E-state index contributed by atoms with van der Waals surface area (Å²) in [5.74, 6) is 0.707. The monoisotopic (exact) mass is 254 g/mol. The van der Waals surface area contributed by atoms with Gasteiger partial charge >= 0.3 is 0 Å². The van der Waals surface area contributed by atoms with Gasteiger partial charge in [-0.1, -0.05) is 0 Å². The highest BCUT2D eigenvalue weighted by Crippen LogP contribution is 2.45. The van der Waals surface area contributed by atoms with E-state index in [1.165, 1.54) is 22.7 Å². The first-order valence-electron chi connectivity index (χ1n) is 6.43. The first kappa shape index (κ1) is 13.0. The second kappa shape index (κ2) is 5.46. The van der Waals surface area contributed by atoms with Gasteiger partial charge in [-0.15, -0.1) is 11.3 Å². The maximum absolute atomic E-state index is 5.86. The van der Waals surface area contributed by atoms with Crippen LogP contribution in [0.4, 0.5) is 0 Å². The predicted molar refractivity (Wildman–Crippen MR) is 71.4 cm³/mol. The third kappa shape index (κ3) is 2.87. The summed E-state index contributed by atoms with van der Waals surface area (Å²) in [5, 5.41) is 4.45. The van der Waals surface area contributed by atoms with Crippen LogP contribution in [0.1, 0.15) is 54.4 Å². The van der Waals surface area contributed by atoms with Gasteiger partial charge in [0.2, 0.25) is 0 Å². The minimum atomic E-state index is 0.238. The van der Waals surface area contributed by atoms with Crippen LogP contribution in [0.3, 0.4) is 0 Å². The van der Waals surface area contributed by atoms with Crippen molar-refractivity contribution in [1.29, 1.82) is 0 Å². The van der Waals surface area contributed by atoms with Crippen molar-refractivity contribution in [2.24, 2.45) is 5.92 Å². The van der Waals surface area contributed by atoms with E-state index in [-0.39, 0.29) is 6.10 Å². The van der Waals surface area contributed by atoms with E-state index in [0.29, 0.717) is 12.0 Å². The SMILES string of the molecule is CCOC(c1nc(C)c(C(C)NC)s1)C1CC1. The summed E-state index contributed by atoms with van der Waals surface area (Å²) in [6, 6.07) is 0.378. The predicted octanol–water partition coefficient (Wildman–Crippen LogP) is 3.22. The van der Waals surface area contributed by atoms with E-state index >= 15 is 0 Å². The van der Waals surface area contributed by atoms with Gasteiger partial charge in [-0.2, -0.15) is 0 Å². The molecule has 1 aliphatic carbocycles. The van der Waals surface area contributed by atoms with E-state index in [4.69, 9.17) is 9.72 Å². The maximum Gasteiger partial charge on any atom is 0.122 e. The second-order valence-electron chi connectivity index (χ2n) is 4.73. The van der Waals surface area contributed by atoms with Gasteiger partial charge in [0.25, 0.3) is 0 Å². The Morgan fingerprint density at radius 1 is 1.53 bits per heavy atom. The molecule has 1 aromatic heterocycles. The number of ether oxygens (including phenoxy) is 1. The van der Waals surface area contributed by atoms with Crippen molar-refractivity contribution >= 4 is 11.3 Å². The molecule has 17 heavy (non-hydrogen) atoms. The fraction of sp³-hybridized carbons (Fsp3) is 0.769. The van der Waals surface area contributed by atoms with E-state index < -0.39 is 0 Å². The molecular weight excluding hydrogens is 232 g/mol. The Morgan fingerprint density at radius 2 is 2.24 bits per heavy atom. The number of nitrogens with zero attached hydrogens (tertiary/aromatic N) is 1. The van der Waals surface area contributed by atoms with Gasteiger partial charge in [-0.05, 0) is 46.6 Å². The Labute approximate surface area is 108 Å². The number of rotatable bonds is 6. The Kier molecular flexibility index (Phi) is 4.17. The van der Waals surface area contributed by atoms with E-state index in [2.05, 4.69) is 26.1 Å². The minimum absolute atomic E-state index is 0.238. The molecule has 0 spiro atoms. The summed E-state index contributed by atoms with van der Waals surface area (Å²) in [7, 11) is 1.99. The average molecular weight is 254 g/mol. The lowest BCUT2D eigenvalue weighted by Gasteiger charge is -2.13. The lowest BCUT2D eigenvalue weighted by atomic mass is 10.2. The lowest BCUT2D eigenvalue weighted by Crippen LogP contribution is -2.11. The molecule has 2 rings (SSSR count). The summed E-state index contributed by atoms with van der Waals surface area (Å²) in [4.78, 5) is 6.05. The molecule has 0 radical (unpaired) electrons. The summed E-state index contributed by atoms with van der Waals surface area (Å²) in [6.45, 7) is 7.11. The van der Waals surface area contributed by atoms with Gasteiger partial charge in [0, 0.05) is 17.5 Å². The largest absolute Gasteiger partial charge is 0.371 e. The maximum atomic E-state index is 5.86. The molecule has 0 aliphatic heterocycles. The van der Waals surface area contributed by atoms with E-state index in [1.807, 2.05) is 18.4 Å². The number of aryl methyl sites for hydroxylation is 1. The summed E-state index contributed by atoms with van der Waals surface area (Å²) >= 11 is 1.81.